The number of carbonyl (C=O) groups is 1. The topological polar surface area (TPSA) is 26.3 Å². The van der Waals surface area contributed by atoms with Crippen LogP contribution in [0.25, 0.3) is 10.8 Å². The zero-order valence-electron chi connectivity index (χ0n) is 16.5. The summed E-state index contributed by atoms with van der Waals surface area (Å²) in [6.07, 6.45) is 8.75. The molecule has 0 atom stereocenters. The van der Waals surface area contributed by atoms with E-state index >= 15 is 0 Å². The van der Waals surface area contributed by atoms with Crippen LogP contribution in [0.4, 0.5) is 0 Å². The van der Waals surface area contributed by atoms with Crippen LogP contribution < -0.4 is 0 Å². The van der Waals surface area contributed by atoms with Crippen molar-refractivity contribution in [2.75, 3.05) is 0 Å². The van der Waals surface area contributed by atoms with Gasteiger partial charge in [0.25, 0.3) is 0 Å². The Morgan fingerprint density at radius 2 is 1.62 bits per heavy atom. The van der Waals surface area contributed by atoms with Crippen molar-refractivity contribution in [3.63, 3.8) is 0 Å². The minimum Gasteiger partial charge on any atom is -0.456 e. The molecule has 0 spiro atoms. The summed E-state index contributed by atoms with van der Waals surface area (Å²) < 4.78 is 6.11. The van der Waals surface area contributed by atoms with E-state index < -0.39 is 0 Å². The molecular weight excluding hydrogens is 320 g/mol. The first-order chi connectivity index (χ1) is 12.6. The van der Waals surface area contributed by atoms with Crippen LogP contribution in [0.15, 0.2) is 36.4 Å². The molecule has 1 fully saturated rings. The predicted octanol–water partition coefficient (Wildman–Crippen LogP) is 7.01. The summed E-state index contributed by atoms with van der Waals surface area (Å²) in [7, 11) is 0. The van der Waals surface area contributed by atoms with E-state index in [0.29, 0.717) is 5.92 Å². The van der Waals surface area contributed by atoms with Crippen molar-refractivity contribution in [2.24, 2.45) is 0 Å². The summed E-state index contributed by atoms with van der Waals surface area (Å²) in [5, 5.41) is 2.45. The highest BCUT2D eigenvalue weighted by Gasteiger charge is 2.31. The van der Waals surface area contributed by atoms with Crippen molar-refractivity contribution in [3.8, 4) is 0 Å². The Balaban J connectivity index is 2.05. The highest BCUT2D eigenvalue weighted by Crippen LogP contribution is 2.39. The molecule has 0 heterocycles. The van der Waals surface area contributed by atoms with E-state index in [1.807, 2.05) is 6.07 Å². The number of benzene rings is 2. The Labute approximate surface area is 157 Å². The molecule has 0 aliphatic heterocycles. The SMILES string of the molecule is CCC(CC)(CC)OC(=O)c1ccc2ccccc2c1C1CCCCC1. The lowest BCUT2D eigenvalue weighted by Crippen LogP contribution is -2.33. The number of hydrogen-bond donors (Lipinski definition) is 0. The number of ether oxygens (including phenoxy) is 1. The first-order valence-corrected chi connectivity index (χ1v) is 10.4. The van der Waals surface area contributed by atoms with Crippen LogP contribution in [-0.4, -0.2) is 11.6 Å². The largest absolute Gasteiger partial charge is 0.456 e. The van der Waals surface area contributed by atoms with Gasteiger partial charge in [0.05, 0.1) is 5.56 Å². The summed E-state index contributed by atoms with van der Waals surface area (Å²) in [6, 6.07) is 12.5. The maximum Gasteiger partial charge on any atom is 0.338 e. The standard InChI is InChI=1S/C24H32O2/c1-4-24(5-2,6-3)26-23(25)21-17-16-18-12-10-11-15-20(18)22(21)19-13-8-7-9-14-19/h10-12,15-17,19H,4-9,13-14H2,1-3H3. The Bertz CT molecular complexity index is 744. The second-order valence-electron chi connectivity index (χ2n) is 7.72. The molecular formula is C24H32O2. The molecule has 140 valence electrons. The lowest BCUT2D eigenvalue weighted by molar-refractivity contribution is -0.0250. The second kappa shape index (κ2) is 8.24. The van der Waals surface area contributed by atoms with Crippen molar-refractivity contribution in [2.45, 2.75) is 83.7 Å². The van der Waals surface area contributed by atoms with Crippen LogP contribution in [-0.2, 0) is 4.74 Å². The summed E-state index contributed by atoms with van der Waals surface area (Å²) >= 11 is 0. The van der Waals surface area contributed by atoms with E-state index in [1.54, 1.807) is 0 Å². The van der Waals surface area contributed by atoms with Crippen LogP contribution in [0.5, 0.6) is 0 Å². The molecule has 0 bridgehead atoms. The fraction of sp³-hybridized carbons (Fsp3) is 0.542. The fourth-order valence-corrected chi connectivity index (χ4v) is 4.52. The molecule has 0 aromatic heterocycles. The smallest absolute Gasteiger partial charge is 0.338 e. The van der Waals surface area contributed by atoms with Crippen molar-refractivity contribution in [1.29, 1.82) is 0 Å². The van der Waals surface area contributed by atoms with Crippen molar-refractivity contribution < 1.29 is 9.53 Å². The fourth-order valence-electron chi connectivity index (χ4n) is 4.52. The number of rotatable bonds is 6. The Morgan fingerprint density at radius 3 is 2.27 bits per heavy atom. The van der Waals surface area contributed by atoms with Crippen molar-refractivity contribution in [1.82, 2.24) is 0 Å². The average Bonchev–Trinajstić information content (AvgIpc) is 2.71. The van der Waals surface area contributed by atoms with Gasteiger partial charge in [-0.05, 0) is 60.4 Å². The van der Waals surface area contributed by atoms with Gasteiger partial charge in [-0.1, -0.05) is 70.4 Å². The summed E-state index contributed by atoms with van der Waals surface area (Å²) in [5.41, 5.74) is 1.67. The maximum absolute atomic E-state index is 13.2. The third-order valence-electron chi connectivity index (χ3n) is 6.45. The summed E-state index contributed by atoms with van der Waals surface area (Å²) in [4.78, 5) is 13.2. The lowest BCUT2D eigenvalue weighted by Gasteiger charge is -2.32. The maximum atomic E-state index is 13.2. The molecule has 1 saturated carbocycles. The summed E-state index contributed by atoms with van der Waals surface area (Å²) in [5.74, 6) is 0.332. The van der Waals surface area contributed by atoms with Crippen LogP contribution in [0, 0.1) is 0 Å². The molecule has 3 rings (SSSR count). The van der Waals surface area contributed by atoms with Gasteiger partial charge in [0.15, 0.2) is 0 Å². The monoisotopic (exact) mass is 352 g/mol. The zero-order chi connectivity index (χ0) is 18.6. The van der Waals surface area contributed by atoms with Gasteiger partial charge in [-0.3, -0.25) is 0 Å². The second-order valence-corrected chi connectivity index (χ2v) is 7.72. The van der Waals surface area contributed by atoms with Gasteiger partial charge in [-0.15, -0.1) is 0 Å². The van der Waals surface area contributed by atoms with E-state index in [1.165, 1.54) is 48.4 Å². The van der Waals surface area contributed by atoms with Gasteiger partial charge < -0.3 is 4.74 Å². The highest BCUT2D eigenvalue weighted by molar-refractivity contribution is 5.99. The molecule has 1 aliphatic rings. The molecule has 0 radical (unpaired) electrons. The van der Waals surface area contributed by atoms with Gasteiger partial charge >= 0.3 is 5.97 Å². The number of fused-ring (bicyclic) bond motifs is 1. The van der Waals surface area contributed by atoms with Gasteiger partial charge in [-0.25, -0.2) is 4.79 Å². The first-order valence-electron chi connectivity index (χ1n) is 10.4. The van der Waals surface area contributed by atoms with Gasteiger partial charge in [-0.2, -0.15) is 0 Å². The van der Waals surface area contributed by atoms with Gasteiger partial charge in [0.1, 0.15) is 5.60 Å². The number of hydrogen-bond acceptors (Lipinski definition) is 2. The third kappa shape index (κ3) is 3.65. The molecule has 0 unspecified atom stereocenters. The molecule has 0 N–H and O–H groups in total. The molecule has 0 amide bonds. The highest BCUT2D eigenvalue weighted by atomic mass is 16.6. The minimum absolute atomic E-state index is 0.137. The number of carbonyl (C=O) groups excluding carboxylic acids is 1. The van der Waals surface area contributed by atoms with E-state index in [0.717, 1.165) is 24.8 Å². The Kier molecular flexibility index (Phi) is 6.01. The molecule has 0 saturated heterocycles. The van der Waals surface area contributed by atoms with E-state index in [-0.39, 0.29) is 11.6 Å². The molecule has 1 aliphatic carbocycles. The number of esters is 1. The quantitative estimate of drug-likeness (QED) is 0.522. The Morgan fingerprint density at radius 1 is 0.962 bits per heavy atom. The average molecular weight is 353 g/mol. The van der Waals surface area contributed by atoms with Crippen LogP contribution in [0.1, 0.15) is 94.0 Å². The lowest BCUT2D eigenvalue weighted by atomic mass is 9.80. The van der Waals surface area contributed by atoms with Crippen molar-refractivity contribution in [3.05, 3.63) is 47.5 Å². The zero-order valence-corrected chi connectivity index (χ0v) is 16.5. The van der Waals surface area contributed by atoms with E-state index in [2.05, 4.69) is 51.1 Å². The van der Waals surface area contributed by atoms with E-state index in [4.69, 9.17) is 4.74 Å². The summed E-state index contributed by atoms with van der Waals surface area (Å²) in [6.45, 7) is 6.34. The first kappa shape index (κ1) is 18.9. The predicted molar refractivity (Wildman–Crippen MR) is 109 cm³/mol. The molecule has 2 aromatic rings. The molecule has 2 nitrogen and oxygen atoms in total. The molecule has 2 heteroatoms. The Hall–Kier alpha value is -1.83. The van der Waals surface area contributed by atoms with Gasteiger partial charge in [0, 0.05) is 0 Å². The van der Waals surface area contributed by atoms with Crippen LogP contribution in [0.2, 0.25) is 0 Å². The normalized spacial score (nSPS) is 16.0. The van der Waals surface area contributed by atoms with Crippen molar-refractivity contribution >= 4 is 16.7 Å². The van der Waals surface area contributed by atoms with E-state index in [9.17, 15) is 4.79 Å². The van der Waals surface area contributed by atoms with Crippen LogP contribution in [0.3, 0.4) is 0 Å². The molecule has 26 heavy (non-hydrogen) atoms. The molecule has 2 aromatic carbocycles. The third-order valence-corrected chi connectivity index (χ3v) is 6.45. The van der Waals surface area contributed by atoms with Gasteiger partial charge in [0.2, 0.25) is 0 Å². The van der Waals surface area contributed by atoms with Crippen LogP contribution >= 0.6 is 0 Å². The minimum atomic E-state index is -0.341.